The first kappa shape index (κ1) is 15.3. The molecule has 1 aromatic heterocycles. The average molecular weight is 332 g/mol. The van der Waals surface area contributed by atoms with Crippen LogP contribution in [-0.2, 0) is 0 Å². The van der Waals surface area contributed by atoms with E-state index in [4.69, 9.17) is 0 Å². The van der Waals surface area contributed by atoms with Crippen molar-refractivity contribution in [3.05, 3.63) is 90.5 Å². The Morgan fingerprint density at radius 1 is 0.680 bits per heavy atom. The van der Waals surface area contributed by atoms with Crippen LogP contribution < -0.4 is 0 Å². The Morgan fingerprint density at radius 2 is 1.32 bits per heavy atom. The van der Waals surface area contributed by atoms with E-state index in [2.05, 4.69) is 9.97 Å². The van der Waals surface area contributed by atoms with Crippen LogP contribution in [0.15, 0.2) is 78.9 Å². The number of benzene rings is 3. The van der Waals surface area contributed by atoms with Crippen LogP contribution >= 0.6 is 0 Å². The van der Waals surface area contributed by atoms with Gasteiger partial charge in [0.25, 0.3) is 0 Å². The Labute approximate surface area is 143 Å². The van der Waals surface area contributed by atoms with E-state index < -0.39 is 11.6 Å². The van der Waals surface area contributed by atoms with Crippen molar-refractivity contribution in [1.82, 2.24) is 9.97 Å². The predicted molar refractivity (Wildman–Crippen MR) is 94.8 cm³/mol. The number of hydrogen-bond acceptors (Lipinski definition) is 1. The highest BCUT2D eigenvalue weighted by Gasteiger charge is 2.18. The van der Waals surface area contributed by atoms with E-state index in [1.54, 1.807) is 0 Å². The SMILES string of the molecule is Fc1cccc(-c2nc(-c3ccccc3)c(-c3ccccc3)[nH]2)c1F. The molecule has 2 nitrogen and oxygen atoms in total. The molecular formula is C21H14F2N2. The Morgan fingerprint density at radius 3 is 2.00 bits per heavy atom. The van der Waals surface area contributed by atoms with Crippen molar-refractivity contribution < 1.29 is 8.78 Å². The summed E-state index contributed by atoms with van der Waals surface area (Å²) >= 11 is 0. The highest BCUT2D eigenvalue weighted by atomic mass is 19.2. The lowest BCUT2D eigenvalue weighted by Crippen LogP contribution is -1.90. The van der Waals surface area contributed by atoms with Crippen molar-refractivity contribution >= 4 is 0 Å². The maximum absolute atomic E-state index is 14.2. The summed E-state index contributed by atoms with van der Waals surface area (Å²) in [7, 11) is 0. The monoisotopic (exact) mass is 332 g/mol. The Bertz CT molecular complexity index is 952. The zero-order chi connectivity index (χ0) is 17.2. The summed E-state index contributed by atoms with van der Waals surface area (Å²) in [4.78, 5) is 7.73. The summed E-state index contributed by atoms with van der Waals surface area (Å²) in [5.41, 5.74) is 3.41. The molecule has 0 aliphatic heterocycles. The number of halogens is 2. The number of nitrogens with one attached hydrogen (secondary N) is 1. The molecule has 4 rings (SSSR count). The van der Waals surface area contributed by atoms with Gasteiger partial charge < -0.3 is 4.98 Å². The Hall–Kier alpha value is -3.27. The van der Waals surface area contributed by atoms with Crippen molar-refractivity contribution in [2.75, 3.05) is 0 Å². The molecule has 0 aliphatic rings. The van der Waals surface area contributed by atoms with Crippen LogP contribution in [-0.4, -0.2) is 9.97 Å². The first-order chi connectivity index (χ1) is 12.2. The smallest absolute Gasteiger partial charge is 0.169 e. The summed E-state index contributed by atoms with van der Waals surface area (Å²) in [6, 6.07) is 23.4. The lowest BCUT2D eigenvalue weighted by molar-refractivity contribution is 0.510. The van der Waals surface area contributed by atoms with Gasteiger partial charge in [0.05, 0.1) is 17.0 Å². The van der Waals surface area contributed by atoms with Gasteiger partial charge in [-0.15, -0.1) is 0 Å². The summed E-state index contributed by atoms with van der Waals surface area (Å²) in [6.45, 7) is 0. The lowest BCUT2D eigenvalue weighted by atomic mass is 10.1. The molecule has 0 fully saturated rings. The molecule has 4 aromatic rings. The van der Waals surface area contributed by atoms with Crippen LogP contribution in [0.3, 0.4) is 0 Å². The van der Waals surface area contributed by atoms with E-state index in [-0.39, 0.29) is 5.56 Å². The Kier molecular flexibility index (Phi) is 3.86. The molecular weight excluding hydrogens is 318 g/mol. The van der Waals surface area contributed by atoms with E-state index in [1.807, 2.05) is 60.7 Å². The first-order valence-electron chi connectivity index (χ1n) is 7.89. The van der Waals surface area contributed by atoms with Gasteiger partial charge in [0, 0.05) is 11.1 Å². The number of aromatic nitrogens is 2. The lowest BCUT2D eigenvalue weighted by Gasteiger charge is -2.02. The molecule has 0 aliphatic carbocycles. The molecule has 0 radical (unpaired) electrons. The molecule has 3 aromatic carbocycles. The molecule has 0 saturated heterocycles. The molecule has 0 saturated carbocycles. The summed E-state index contributed by atoms with van der Waals surface area (Å²) in [5.74, 6) is -1.50. The minimum absolute atomic E-state index is 0.111. The number of imidazole rings is 1. The Balaban J connectivity index is 1.94. The van der Waals surface area contributed by atoms with Crippen LogP contribution in [0.1, 0.15) is 0 Å². The van der Waals surface area contributed by atoms with Gasteiger partial charge in [-0.3, -0.25) is 0 Å². The average Bonchev–Trinajstić information content (AvgIpc) is 3.10. The third kappa shape index (κ3) is 2.83. The topological polar surface area (TPSA) is 28.7 Å². The molecule has 1 N–H and O–H groups in total. The number of H-pyrrole nitrogens is 1. The highest BCUT2D eigenvalue weighted by molar-refractivity contribution is 5.81. The molecule has 122 valence electrons. The fraction of sp³-hybridized carbons (Fsp3) is 0. The second-order valence-corrected chi connectivity index (χ2v) is 5.64. The van der Waals surface area contributed by atoms with Crippen molar-refractivity contribution in [2.24, 2.45) is 0 Å². The van der Waals surface area contributed by atoms with Crippen LogP contribution in [0.5, 0.6) is 0 Å². The predicted octanol–water partition coefficient (Wildman–Crippen LogP) is 5.69. The van der Waals surface area contributed by atoms with Gasteiger partial charge >= 0.3 is 0 Å². The second-order valence-electron chi connectivity index (χ2n) is 5.64. The van der Waals surface area contributed by atoms with Gasteiger partial charge in [0.15, 0.2) is 11.6 Å². The molecule has 1 heterocycles. The molecule has 0 amide bonds. The third-order valence-electron chi connectivity index (χ3n) is 4.02. The van der Waals surface area contributed by atoms with Crippen molar-refractivity contribution in [3.63, 3.8) is 0 Å². The molecule has 0 atom stereocenters. The normalized spacial score (nSPS) is 10.8. The molecule has 0 bridgehead atoms. The van der Waals surface area contributed by atoms with Gasteiger partial charge in [-0.05, 0) is 12.1 Å². The van der Waals surface area contributed by atoms with Gasteiger partial charge in [0.1, 0.15) is 5.82 Å². The van der Waals surface area contributed by atoms with E-state index in [1.165, 1.54) is 12.1 Å². The quantitative estimate of drug-likeness (QED) is 0.513. The zero-order valence-electron chi connectivity index (χ0n) is 13.2. The van der Waals surface area contributed by atoms with Crippen LogP contribution in [0.4, 0.5) is 8.78 Å². The molecule has 25 heavy (non-hydrogen) atoms. The van der Waals surface area contributed by atoms with E-state index in [0.717, 1.165) is 22.9 Å². The number of hydrogen-bond donors (Lipinski definition) is 1. The summed E-state index contributed by atoms with van der Waals surface area (Å²) < 4.78 is 27.8. The fourth-order valence-electron chi connectivity index (χ4n) is 2.81. The van der Waals surface area contributed by atoms with Gasteiger partial charge in [-0.25, -0.2) is 13.8 Å². The maximum Gasteiger partial charge on any atom is 0.169 e. The highest BCUT2D eigenvalue weighted by Crippen LogP contribution is 2.33. The van der Waals surface area contributed by atoms with Gasteiger partial charge in [-0.2, -0.15) is 0 Å². The minimum Gasteiger partial charge on any atom is -0.337 e. The van der Waals surface area contributed by atoms with Crippen LogP contribution in [0, 0.1) is 11.6 Å². The summed E-state index contributed by atoms with van der Waals surface area (Å²) in [6.07, 6.45) is 0. The van der Waals surface area contributed by atoms with E-state index in [0.29, 0.717) is 11.5 Å². The van der Waals surface area contributed by atoms with Crippen LogP contribution in [0.25, 0.3) is 33.9 Å². The maximum atomic E-state index is 14.2. The fourth-order valence-corrected chi connectivity index (χ4v) is 2.81. The third-order valence-corrected chi connectivity index (χ3v) is 4.02. The van der Waals surface area contributed by atoms with Crippen LogP contribution in [0.2, 0.25) is 0 Å². The number of nitrogens with zero attached hydrogens (tertiary/aromatic N) is 1. The van der Waals surface area contributed by atoms with Gasteiger partial charge in [-0.1, -0.05) is 66.7 Å². The number of rotatable bonds is 3. The molecule has 4 heteroatoms. The number of aromatic amines is 1. The van der Waals surface area contributed by atoms with Crippen molar-refractivity contribution in [2.45, 2.75) is 0 Å². The van der Waals surface area contributed by atoms with Crippen molar-refractivity contribution in [3.8, 4) is 33.9 Å². The summed E-state index contributed by atoms with van der Waals surface area (Å²) in [5, 5.41) is 0. The van der Waals surface area contributed by atoms with Gasteiger partial charge in [0.2, 0.25) is 0 Å². The van der Waals surface area contributed by atoms with Crippen molar-refractivity contribution in [1.29, 1.82) is 0 Å². The largest absolute Gasteiger partial charge is 0.337 e. The zero-order valence-corrected chi connectivity index (χ0v) is 13.2. The van der Waals surface area contributed by atoms with E-state index in [9.17, 15) is 8.78 Å². The minimum atomic E-state index is -0.907. The standard InChI is InChI=1S/C21H14F2N2/c22-17-13-7-12-16(18(17)23)21-24-19(14-8-3-1-4-9-14)20(25-21)15-10-5-2-6-11-15/h1-13H,(H,24,25). The molecule has 0 unspecified atom stereocenters. The van der Waals surface area contributed by atoms with E-state index >= 15 is 0 Å². The second kappa shape index (κ2) is 6.32. The molecule has 0 spiro atoms. The first-order valence-corrected chi connectivity index (χ1v) is 7.89.